The minimum atomic E-state index is -1.02. The van der Waals surface area contributed by atoms with E-state index in [2.05, 4.69) is 0 Å². The molecule has 6 heteroatoms. The van der Waals surface area contributed by atoms with Gasteiger partial charge in [0.15, 0.2) is 0 Å². The summed E-state index contributed by atoms with van der Waals surface area (Å²) in [6.07, 6.45) is 0.257. The fourth-order valence-corrected chi connectivity index (χ4v) is 2.47. The van der Waals surface area contributed by atoms with Gasteiger partial charge >= 0.3 is 12.1 Å². The first-order valence-corrected chi connectivity index (χ1v) is 5.96. The topological polar surface area (TPSA) is 83.9 Å². The van der Waals surface area contributed by atoms with Crippen LogP contribution in [0.3, 0.4) is 0 Å². The molecule has 1 saturated carbocycles. The first-order chi connectivity index (χ1) is 8.17. The average Bonchev–Trinajstić information content (AvgIpc) is 2.84. The van der Waals surface area contributed by atoms with Gasteiger partial charge in [-0.25, -0.2) is 9.69 Å². The van der Waals surface area contributed by atoms with Crippen LogP contribution >= 0.6 is 0 Å². The van der Waals surface area contributed by atoms with Crippen molar-refractivity contribution < 1.29 is 24.2 Å². The number of carboxylic acids is 1. The largest absolute Gasteiger partial charge is 0.481 e. The second kappa shape index (κ2) is 3.70. The Balaban J connectivity index is 2.21. The second-order valence-electron chi connectivity index (χ2n) is 5.91. The average molecular weight is 255 g/mol. The molecule has 1 N–H and O–H groups in total. The Hall–Kier alpha value is -1.59. The number of carbonyl (C=O) groups excluding carboxylic acids is 2. The summed E-state index contributed by atoms with van der Waals surface area (Å²) < 4.78 is 5.17. The van der Waals surface area contributed by atoms with Crippen LogP contribution in [0.1, 0.15) is 40.0 Å². The van der Waals surface area contributed by atoms with Crippen molar-refractivity contribution in [1.29, 1.82) is 0 Å². The molecule has 1 unspecified atom stereocenters. The van der Waals surface area contributed by atoms with E-state index in [1.165, 1.54) is 0 Å². The van der Waals surface area contributed by atoms with Crippen LogP contribution in [-0.2, 0) is 14.3 Å². The lowest BCUT2D eigenvalue weighted by atomic mass is 9.98. The number of imide groups is 1. The van der Waals surface area contributed by atoms with E-state index in [0.29, 0.717) is 12.8 Å². The molecular weight excluding hydrogens is 238 g/mol. The standard InChI is InChI=1S/C12H17NO5/c1-11(2,3)18-10(17)13-8(14)6-7(9(15)16)12(13)4-5-12/h7H,4-6H2,1-3H3,(H,15,16). The zero-order valence-electron chi connectivity index (χ0n) is 10.7. The maximum Gasteiger partial charge on any atom is 0.417 e. The fourth-order valence-electron chi connectivity index (χ4n) is 2.47. The quantitative estimate of drug-likeness (QED) is 0.765. The molecule has 2 amide bonds. The number of ether oxygens (including phenoxy) is 1. The minimum Gasteiger partial charge on any atom is -0.481 e. The maximum absolute atomic E-state index is 12.0. The molecule has 0 aromatic rings. The molecule has 2 fully saturated rings. The Morgan fingerprint density at radius 3 is 2.33 bits per heavy atom. The van der Waals surface area contributed by atoms with Crippen LogP contribution in [0, 0.1) is 5.92 Å². The Morgan fingerprint density at radius 1 is 1.39 bits per heavy atom. The van der Waals surface area contributed by atoms with Gasteiger partial charge in [-0.15, -0.1) is 0 Å². The molecule has 2 aliphatic rings. The Bertz CT molecular complexity index is 419. The van der Waals surface area contributed by atoms with Crippen molar-refractivity contribution in [2.24, 2.45) is 5.92 Å². The highest BCUT2D eigenvalue weighted by atomic mass is 16.6. The van der Waals surface area contributed by atoms with E-state index in [-0.39, 0.29) is 6.42 Å². The van der Waals surface area contributed by atoms with Crippen LogP contribution in [0.2, 0.25) is 0 Å². The molecule has 0 aromatic heterocycles. The number of carbonyl (C=O) groups is 3. The molecule has 1 spiro atoms. The summed E-state index contributed by atoms with van der Waals surface area (Å²) in [5, 5.41) is 9.11. The summed E-state index contributed by atoms with van der Waals surface area (Å²) in [7, 11) is 0. The molecule has 100 valence electrons. The van der Waals surface area contributed by atoms with Crippen molar-refractivity contribution in [3.63, 3.8) is 0 Å². The maximum atomic E-state index is 12.0. The zero-order chi connectivity index (χ0) is 13.7. The van der Waals surface area contributed by atoms with Crippen molar-refractivity contribution in [2.45, 2.75) is 51.2 Å². The number of likely N-dealkylation sites (tertiary alicyclic amines) is 1. The van der Waals surface area contributed by atoms with E-state index in [1.54, 1.807) is 20.8 Å². The van der Waals surface area contributed by atoms with Crippen molar-refractivity contribution in [3.05, 3.63) is 0 Å². The second-order valence-corrected chi connectivity index (χ2v) is 5.91. The van der Waals surface area contributed by atoms with Crippen molar-refractivity contribution >= 4 is 18.0 Å². The Morgan fingerprint density at radius 2 is 1.94 bits per heavy atom. The third kappa shape index (κ3) is 1.95. The highest BCUT2D eigenvalue weighted by molar-refractivity contribution is 5.99. The zero-order valence-corrected chi connectivity index (χ0v) is 10.7. The van der Waals surface area contributed by atoms with Gasteiger partial charge < -0.3 is 9.84 Å². The van der Waals surface area contributed by atoms with Crippen LogP contribution < -0.4 is 0 Å². The predicted molar refractivity (Wildman–Crippen MR) is 60.8 cm³/mol. The highest BCUT2D eigenvalue weighted by Gasteiger charge is 2.66. The van der Waals surface area contributed by atoms with Crippen molar-refractivity contribution in [1.82, 2.24) is 4.90 Å². The molecule has 1 aliphatic heterocycles. The Kier molecular flexibility index (Phi) is 2.64. The van der Waals surface area contributed by atoms with Crippen LogP contribution in [0.15, 0.2) is 0 Å². The van der Waals surface area contributed by atoms with Gasteiger partial charge in [-0.3, -0.25) is 9.59 Å². The van der Waals surface area contributed by atoms with Crippen LogP contribution in [0.4, 0.5) is 4.79 Å². The van der Waals surface area contributed by atoms with Gasteiger partial charge in [0, 0.05) is 6.42 Å². The van der Waals surface area contributed by atoms with Crippen molar-refractivity contribution in [2.75, 3.05) is 0 Å². The van der Waals surface area contributed by atoms with Gasteiger partial charge in [0.2, 0.25) is 5.91 Å². The number of nitrogens with zero attached hydrogens (tertiary/aromatic N) is 1. The lowest BCUT2D eigenvalue weighted by Crippen LogP contribution is -2.46. The summed E-state index contributed by atoms with van der Waals surface area (Å²) in [4.78, 5) is 36.0. The van der Waals surface area contributed by atoms with Crippen LogP contribution in [-0.4, -0.2) is 39.1 Å². The van der Waals surface area contributed by atoms with E-state index in [1.807, 2.05) is 0 Å². The van der Waals surface area contributed by atoms with Gasteiger partial charge in [-0.1, -0.05) is 0 Å². The predicted octanol–water partition coefficient (Wildman–Crippen LogP) is 1.39. The lowest BCUT2D eigenvalue weighted by Gasteiger charge is -2.28. The van der Waals surface area contributed by atoms with E-state index >= 15 is 0 Å². The normalized spacial score (nSPS) is 25.4. The van der Waals surface area contributed by atoms with E-state index < -0.39 is 35.0 Å². The number of aliphatic carboxylic acids is 1. The van der Waals surface area contributed by atoms with Gasteiger partial charge in [-0.05, 0) is 33.6 Å². The van der Waals surface area contributed by atoms with Gasteiger partial charge in [0.1, 0.15) is 5.60 Å². The molecule has 1 saturated heterocycles. The SMILES string of the molecule is CC(C)(C)OC(=O)N1C(=O)CC(C(=O)O)C12CC2. The van der Waals surface area contributed by atoms with Crippen LogP contribution in [0.25, 0.3) is 0 Å². The summed E-state index contributed by atoms with van der Waals surface area (Å²) in [5.41, 5.74) is -1.53. The monoisotopic (exact) mass is 255 g/mol. The summed E-state index contributed by atoms with van der Waals surface area (Å²) >= 11 is 0. The number of carboxylic acid groups (broad SMARTS) is 1. The third-order valence-electron chi connectivity index (χ3n) is 3.36. The van der Waals surface area contributed by atoms with Crippen LogP contribution in [0.5, 0.6) is 0 Å². The fraction of sp³-hybridized carbons (Fsp3) is 0.750. The first kappa shape index (κ1) is 12.9. The first-order valence-electron chi connectivity index (χ1n) is 5.96. The third-order valence-corrected chi connectivity index (χ3v) is 3.36. The van der Waals surface area contributed by atoms with E-state index in [9.17, 15) is 14.4 Å². The molecule has 0 radical (unpaired) electrons. The minimum absolute atomic E-state index is 0.116. The number of rotatable bonds is 1. The molecule has 6 nitrogen and oxygen atoms in total. The van der Waals surface area contributed by atoms with Crippen molar-refractivity contribution in [3.8, 4) is 0 Å². The summed E-state index contributed by atoms with van der Waals surface area (Å²) in [6, 6.07) is 0. The van der Waals surface area contributed by atoms with E-state index in [4.69, 9.17) is 9.84 Å². The summed E-state index contributed by atoms with van der Waals surface area (Å²) in [6.45, 7) is 5.12. The summed E-state index contributed by atoms with van der Waals surface area (Å²) in [5.74, 6) is -2.27. The molecular formula is C12H17NO5. The van der Waals surface area contributed by atoms with Gasteiger partial charge in [0.25, 0.3) is 0 Å². The lowest BCUT2D eigenvalue weighted by molar-refractivity contribution is -0.143. The van der Waals surface area contributed by atoms with E-state index in [0.717, 1.165) is 4.90 Å². The molecule has 0 aromatic carbocycles. The number of hydrogen-bond donors (Lipinski definition) is 1. The molecule has 2 rings (SSSR count). The highest BCUT2D eigenvalue weighted by Crippen LogP contribution is 2.54. The smallest absolute Gasteiger partial charge is 0.417 e. The van der Waals surface area contributed by atoms with Gasteiger partial charge in [0.05, 0.1) is 11.5 Å². The molecule has 0 bridgehead atoms. The Labute approximate surface area is 105 Å². The number of amides is 2. The molecule has 1 atom stereocenters. The molecule has 18 heavy (non-hydrogen) atoms. The van der Waals surface area contributed by atoms with Gasteiger partial charge in [-0.2, -0.15) is 0 Å². The number of hydrogen-bond acceptors (Lipinski definition) is 4. The molecule has 1 heterocycles. The molecule has 1 aliphatic carbocycles.